The maximum atomic E-state index is 13.6. The van der Waals surface area contributed by atoms with Gasteiger partial charge in [-0.15, -0.1) is 0 Å². The van der Waals surface area contributed by atoms with E-state index in [2.05, 4.69) is 36.3 Å². The number of carbonyl (C=O) groups excluding carboxylic acids is 4. The van der Waals surface area contributed by atoms with Crippen molar-refractivity contribution in [2.45, 2.75) is 64.6 Å². The number of amides is 4. The number of hydrogen-bond donors (Lipinski definition) is 2. The van der Waals surface area contributed by atoms with E-state index in [1.807, 2.05) is 0 Å². The fraction of sp³-hybridized carbons (Fsp3) is 0.643. The second-order valence-electron chi connectivity index (χ2n) is 10.9. The molecule has 0 bridgehead atoms. The number of rotatable bonds is 4. The average Bonchev–Trinajstić information content (AvgIpc) is 3.41. The predicted octanol–water partition coefficient (Wildman–Crippen LogP) is 1.25. The molecule has 4 amide bonds. The molecule has 0 aliphatic carbocycles. The van der Waals surface area contributed by atoms with E-state index in [1.165, 1.54) is 0 Å². The van der Waals surface area contributed by atoms with Gasteiger partial charge in [-0.25, -0.2) is 0 Å². The number of benzene rings is 1. The molecule has 1 aromatic rings. The largest absolute Gasteiger partial charge is 0.491 e. The van der Waals surface area contributed by atoms with Gasteiger partial charge < -0.3 is 30.1 Å². The maximum Gasteiger partial charge on any atom is 0.255 e. The molecule has 3 heterocycles. The first kappa shape index (κ1) is 27.9. The molecule has 3 aliphatic heterocycles. The third-order valence-corrected chi connectivity index (χ3v) is 7.66. The number of nitrogens with zero attached hydrogens (tertiary/aromatic N) is 3. The molecule has 2 saturated heterocycles. The lowest BCUT2D eigenvalue weighted by molar-refractivity contribution is -0.142. The summed E-state index contributed by atoms with van der Waals surface area (Å²) in [6, 6.07) is 4.98. The summed E-state index contributed by atoms with van der Waals surface area (Å²) >= 11 is 0. The Balaban J connectivity index is 1.63. The van der Waals surface area contributed by atoms with Gasteiger partial charge in [-0.2, -0.15) is 0 Å². The Morgan fingerprint density at radius 2 is 1.79 bits per heavy atom. The SMILES string of the molecule is CCN1CCN(C(=O)[C@@H]2CC(=O)N3CCC[C@@H]3C(=O)N[C@@H](CC(C)C)COc3ccccc3C(=O)N2)CC1. The number of likely N-dealkylation sites (N-methyl/N-ethyl adjacent to an activating group) is 1. The van der Waals surface area contributed by atoms with Crippen molar-refractivity contribution in [3.63, 3.8) is 0 Å². The Hall–Kier alpha value is -3.14. The van der Waals surface area contributed by atoms with Crippen LogP contribution in [-0.4, -0.2) is 102 Å². The molecule has 38 heavy (non-hydrogen) atoms. The normalized spacial score (nSPS) is 25.7. The molecule has 208 valence electrons. The zero-order valence-corrected chi connectivity index (χ0v) is 22.8. The minimum atomic E-state index is -1.03. The van der Waals surface area contributed by atoms with Gasteiger partial charge in [0.25, 0.3) is 5.91 Å². The number of piperazine rings is 1. The minimum absolute atomic E-state index is 0.193. The molecular weight excluding hydrogens is 486 g/mol. The molecule has 3 atom stereocenters. The summed E-state index contributed by atoms with van der Waals surface area (Å²) in [6.07, 6.45) is 1.79. The molecular formula is C28H41N5O5. The summed E-state index contributed by atoms with van der Waals surface area (Å²) in [7, 11) is 0. The smallest absolute Gasteiger partial charge is 0.255 e. The Kier molecular flexibility index (Phi) is 9.25. The van der Waals surface area contributed by atoms with Crippen molar-refractivity contribution in [1.82, 2.24) is 25.3 Å². The van der Waals surface area contributed by atoms with Gasteiger partial charge in [0.1, 0.15) is 24.4 Å². The molecule has 4 rings (SSSR count). The van der Waals surface area contributed by atoms with Crippen LogP contribution in [0.2, 0.25) is 0 Å². The summed E-state index contributed by atoms with van der Waals surface area (Å²) in [5, 5.41) is 5.94. The third kappa shape index (κ3) is 6.64. The van der Waals surface area contributed by atoms with Gasteiger partial charge in [0, 0.05) is 32.7 Å². The highest BCUT2D eigenvalue weighted by molar-refractivity contribution is 6.01. The zero-order chi connectivity index (χ0) is 27.2. The predicted molar refractivity (Wildman–Crippen MR) is 143 cm³/mol. The van der Waals surface area contributed by atoms with E-state index >= 15 is 0 Å². The monoisotopic (exact) mass is 527 g/mol. The van der Waals surface area contributed by atoms with Gasteiger partial charge in [-0.05, 0) is 43.9 Å². The van der Waals surface area contributed by atoms with Crippen LogP contribution in [0.1, 0.15) is 56.8 Å². The van der Waals surface area contributed by atoms with Gasteiger partial charge in [-0.3, -0.25) is 19.2 Å². The number of ether oxygens (including phenoxy) is 1. The molecule has 0 unspecified atom stereocenters. The van der Waals surface area contributed by atoms with Crippen LogP contribution in [0, 0.1) is 5.92 Å². The molecule has 0 radical (unpaired) electrons. The van der Waals surface area contributed by atoms with Crippen molar-refractivity contribution in [2.24, 2.45) is 5.92 Å². The summed E-state index contributed by atoms with van der Waals surface area (Å²) in [4.78, 5) is 59.4. The van der Waals surface area contributed by atoms with Crippen LogP contribution in [0.15, 0.2) is 24.3 Å². The minimum Gasteiger partial charge on any atom is -0.491 e. The first-order chi connectivity index (χ1) is 18.3. The Bertz CT molecular complexity index is 1020. The highest BCUT2D eigenvalue weighted by Gasteiger charge is 2.38. The Morgan fingerprint density at radius 3 is 2.50 bits per heavy atom. The lowest BCUT2D eigenvalue weighted by Gasteiger charge is -2.36. The summed E-state index contributed by atoms with van der Waals surface area (Å²) in [5.74, 6) is -0.535. The van der Waals surface area contributed by atoms with Crippen molar-refractivity contribution < 1.29 is 23.9 Å². The van der Waals surface area contributed by atoms with Crippen LogP contribution in [0.4, 0.5) is 0 Å². The van der Waals surface area contributed by atoms with E-state index in [-0.39, 0.29) is 36.8 Å². The lowest BCUT2D eigenvalue weighted by Crippen LogP contribution is -2.57. The number of nitrogens with one attached hydrogen (secondary N) is 2. The first-order valence-electron chi connectivity index (χ1n) is 13.9. The molecule has 10 heteroatoms. The van der Waals surface area contributed by atoms with Gasteiger partial charge in [0.2, 0.25) is 17.7 Å². The van der Waals surface area contributed by atoms with Gasteiger partial charge >= 0.3 is 0 Å². The average molecular weight is 528 g/mol. The molecule has 0 saturated carbocycles. The molecule has 0 aromatic heterocycles. The number of carbonyl (C=O) groups is 4. The maximum absolute atomic E-state index is 13.6. The van der Waals surface area contributed by atoms with Crippen molar-refractivity contribution in [2.75, 3.05) is 45.9 Å². The van der Waals surface area contributed by atoms with Crippen LogP contribution < -0.4 is 15.4 Å². The molecule has 1 aromatic carbocycles. The summed E-state index contributed by atoms with van der Waals surface area (Å²) < 4.78 is 6.08. The van der Waals surface area contributed by atoms with Crippen LogP contribution >= 0.6 is 0 Å². The van der Waals surface area contributed by atoms with E-state index in [0.29, 0.717) is 56.1 Å². The van der Waals surface area contributed by atoms with Crippen molar-refractivity contribution >= 4 is 23.6 Å². The number of fused-ring (bicyclic) bond motifs is 2. The first-order valence-corrected chi connectivity index (χ1v) is 13.9. The van der Waals surface area contributed by atoms with E-state index < -0.39 is 18.0 Å². The molecule has 2 N–H and O–H groups in total. The van der Waals surface area contributed by atoms with E-state index in [1.54, 1.807) is 34.1 Å². The Labute approximate surface area is 225 Å². The lowest BCUT2D eigenvalue weighted by atomic mass is 10.0. The van der Waals surface area contributed by atoms with E-state index in [9.17, 15) is 19.2 Å². The van der Waals surface area contributed by atoms with E-state index in [4.69, 9.17) is 4.74 Å². The van der Waals surface area contributed by atoms with E-state index in [0.717, 1.165) is 19.6 Å². The molecule has 3 aliphatic rings. The third-order valence-electron chi connectivity index (χ3n) is 7.66. The Morgan fingerprint density at radius 1 is 1.05 bits per heavy atom. The number of hydrogen-bond acceptors (Lipinski definition) is 6. The van der Waals surface area contributed by atoms with Crippen LogP contribution in [0.25, 0.3) is 0 Å². The molecule has 2 fully saturated rings. The quantitative estimate of drug-likeness (QED) is 0.610. The summed E-state index contributed by atoms with van der Waals surface area (Å²) in [5.41, 5.74) is 0.291. The van der Waals surface area contributed by atoms with Gasteiger partial charge in [0.15, 0.2) is 0 Å². The second-order valence-corrected chi connectivity index (χ2v) is 10.9. The fourth-order valence-corrected chi connectivity index (χ4v) is 5.58. The van der Waals surface area contributed by atoms with Crippen LogP contribution in [-0.2, 0) is 14.4 Å². The topological polar surface area (TPSA) is 111 Å². The second kappa shape index (κ2) is 12.6. The highest BCUT2D eigenvalue weighted by atomic mass is 16.5. The van der Waals surface area contributed by atoms with Crippen LogP contribution in [0.5, 0.6) is 5.75 Å². The molecule has 10 nitrogen and oxygen atoms in total. The van der Waals surface area contributed by atoms with Gasteiger partial charge in [-0.1, -0.05) is 32.9 Å². The highest BCUT2D eigenvalue weighted by Crippen LogP contribution is 2.23. The number of para-hydroxylation sites is 1. The molecule has 0 spiro atoms. The zero-order valence-electron chi connectivity index (χ0n) is 22.8. The fourth-order valence-electron chi connectivity index (χ4n) is 5.58. The standard InChI is InChI=1S/C28H41N5O5/c1-4-31-12-14-32(15-13-31)28(37)22-17-25(34)33-11-7-9-23(33)27(36)29-20(16-19(2)3)18-38-24-10-6-5-8-21(24)26(35)30-22/h5-6,8,10,19-20,22-23H,4,7,9,11-18H2,1-3H3,(H,29,36)(H,30,35)/t20-,22-,23+/m0/s1. The van der Waals surface area contributed by atoms with Crippen molar-refractivity contribution in [1.29, 1.82) is 0 Å². The van der Waals surface area contributed by atoms with Crippen molar-refractivity contribution in [3.05, 3.63) is 29.8 Å². The van der Waals surface area contributed by atoms with Gasteiger partial charge in [0.05, 0.1) is 18.0 Å². The summed E-state index contributed by atoms with van der Waals surface area (Å²) in [6.45, 7) is 10.4. The van der Waals surface area contributed by atoms with Crippen molar-refractivity contribution in [3.8, 4) is 5.75 Å². The van der Waals surface area contributed by atoms with Crippen LogP contribution in [0.3, 0.4) is 0 Å².